The molecule has 1 N–H and O–H groups in total. The molecule has 98 valence electrons. The molecule has 0 unspecified atom stereocenters. The lowest BCUT2D eigenvalue weighted by Crippen LogP contribution is -1.91. The lowest BCUT2D eigenvalue weighted by molar-refractivity contribution is 0.626. The number of rotatable bonds is 3. The van der Waals surface area contributed by atoms with Gasteiger partial charge in [0.05, 0.1) is 18.0 Å². The Morgan fingerprint density at radius 1 is 1.30 bits per heavy atom. The second kappa shape index (κ2) is 5.27. The number of nitrogens with zero attached hydrogens (tertiary/aromatic N) is 4. The molecule has 0 aliphatic carbocycles. The Bertz CT molecular complexity index is 808. The van der Waals surface area contributed by atoms with E-state index in [9.17, 15) is 4.39 Å². The molecule has 7 heteroatoms. The Labute approximate surface area is 117 Å². The van der Waals surface area contributed by atoms with Crippen LogP contribution in [0.3, 0.4) is 0 Å². The summed E-state index contributed by atoms with van der Waals surface area (Å²) in [7, 11) is 0. The molecule has 0 bridgehead atoms. The van der Waals surface area contributed by atoms with Crippen LogP contribution in [0.2, 0.25) is 0 Å². The van der Waals surface area contributed by atoms with Gasteiger partial charge in [-0.25, -0.2) is 19.3 Å². The number of imidazole rings is 1. The van der Waals surface area contributed by atoms with E-state index in [-0.39, 0.29) is 5.82 Å². The van der Waals surface area contributed by atoms with E-state index in [1.807, 2.05) is 0 Å². The summed E-state index contributed by atoms with van der Waals surface area (Å²) >= 11 is 1.41. The Kier molecular flexibility index (Phi) is 3.31. The molecular formula is C13H8FN5S. The van der Waals surface area contributed by atoms with Crippen LogP contribution < -0.4 is 0 Å². The van der Waals surface area contributed by atoms with Gasteiger partial charge >= 0.3 is 0 Å². The minimum absolute atomic E-state index is 0.353. The van der Waals surface area contributed by atoms with Crippen LogP contribution in [0, 0.1) is 17.1 Å². The van der Waals surface area contributed by atoms with E-state index in [0.717, 1.165) is 10.5 Å². The third-order valence-corrected chi connectivity index (χ3v) is 3.78. The number of nitrogens with one attached hydrogen (secondary N) is 1. The summed E-state index contributed by atoms with van der Waals surface area (Å²) in [5.74, 6) is 0.0974. The predicted octanol–water partition coefficient (Wildman–Crippen LogP) is 2.66. The highest BCUT2D eigenvalue weighted by atomic mass is 32.2. The number of hydrogen-bond donors (Lipinski definition) is 1. The Hall–Kier alpha value is -2.46. The molecule has 0 aliphatic rings. The van der Waals surface area contributed by atoms with E-state index >= 15 is 0 Å². The molecule has 0 spiro atoms. The highest BCUT2D eigenvalue weighted by molar-refractivity contribution is 7.98. The molecule has 1 aromatic carbocycles. The minimum atomic E-state index is -0.353. The van der Waals surface area contributed by atoms with Gasteiger partial charge in [0, 0.05) is 5.75 Å². The van der Waals surface area contributed by atoms with Gasteiger partial charge in [0.15, 0.2) is 5.65 Å². The quantitative estimate of drug-likeness (QED) is 0.591. The van der Waals surface area contributed by atoms with Gasteiger partial charge in [-0.3, -0.25) is 0 Å². The third kappa shape index (κ3) is 2.33. The van der Waals surface area contributed by atoms with Crippen molar-refractivity contribution in [3.63, 3.8) is 0 Å². The molecule has 0 fully saturated rings. The third-order valence-electron chi connectivity index (χ3n) is 2.74. The smallest absolute Gasteiger partial charge is 0.181 e. The maximum atomic E-state index is 13.3. The molecular weight excluding hydrogens is 277 g/mol. The first-order valence-corrected chi connectivity index (χ1v) is 6.72. The first-order chi connectivity index (χ1) is 9.78. The van der Waals surface area contributed by atoms with Crippen molar-refractivity contribution in [1.29, 1.82) is 5.26 Å². The van der Waals surface area contributed by atoms with E-state index in [1.165, 1.54) is 36.3 Å². The van der Waals surface area contributed by atoms with Crippen LogP contribution in [0.5, 0.6) is 0 Å². The molecule has 0 amide bonds. The summed E-state index contributed by atoms with van der Waals surface area (Å²) in [6, 6.07) is 6.20. The number of H-pyrrole nitrogens is 1. The van der Waals surface area contributed by atoms with Crippen LogP contribution in [0.25, 0.3) is 11.2 Å². The van der Waals surface area contributed by atoms with Crippen LogP contribution in [0.1, 0.15) is 11.1 Å². The molecule has 20 heavy (non-hydrogen) atoms. The summed E-state index contributed by atoms with van der Waals surface area (Å²) in [5, 5.41) is 9.74. The number of thioether (sulfide) groups is 1. The summed E-state index contributed by atoms with van der Waals surface area (Å²) in [6.45, 7) is 0. The van der Waals surface area contributed by atoms with Gasteiger partial charge in [-0.15, -0.1) is 0 Å². The average Bonchev–Trinajstić information content (AvgIpc) is 2.94. The van der Waals surface area contributed by atoms with Crippen LogP contribution in [-0.2, 0) is 5.75 Å². The maximum absolute atomic E-state index is 13.3. The van der Waals surface area contributed by atoms with Crippen molar-refractivity contribution in [2.75, 3.05) is 0 Å². The zero-order valence-corrected chi connectivity index (χ0v) is 11.0. The van der Waals surface area contributed by atoms with Crippen molar-refractivity contribution in [2.24, 2.45) is 0 Å². The van der Waals surface area contributed by atoms with Gasteiger partial charge in [0.2, 0.25) is 0 Å². The molecule has 0 aliphatic heterocycles. The van der Waals surface area contributed by atoms with Crippen molar-refractivity contribution >= 4 is 22.9 Å². The summed E-state index contributed by atoms with van der Waals surface area (Å²) in [6.07, 6.45) is 2.98. The maximum Gasteiger partial charge on any atom is 0.181 e. The average molecular weight is 285 g/mol. The topological polar surface area (TPSA) is 78.2 Å². The van der Waals surface area contributed by atoms with Gasteiger partial charge in [-0.05, 0) is 23.8 Å². The number of nitriles is 1. The summed E-state index contributed by atoms with van der Waals surface area (Å²) < 4.78 is 13.3. The van der Waals surface area contributed by atoms with Crippen LogP contribution in [0.15, 0.2) is 35.9 Å². The first-order valence-electron chi connectivity index (χ1n) is 5.73. The molecule has 0 saturated carbocycles. The van der Waals surface area contributed by atoms with Crippen LogP contribution in [0.4, 0.5) is 4.39 Å². The number of fused-ring (bicyclic) bond motifs is 1. The van der Waals surface area contributed by atoms with E-state index in [1.54, 1.807) is 6.33 Å². The number of halogens is 1. The SMILES string of the molecule is N#Cc1ccc(F)cc1CSc1ncnc2nc[nH]c12. The number of benzene rings is 1. The van der Waals surface area contributed by atoms with Crippen LogP contribution in [-0.4, -0.2) is 19.9 Å². The lowest BCUT2D eigenvalue weighted by Gasteiger charge is -2.04. The van der Waals surface area contributed by atoms with Crippen molar-refractivity contribution in [2.45, 2.75) is 10.8 Å². The van der Waals surface area contributed by atoms with Gasteiger partial charge in [0.1, 0.15) is 22.7 Å². The largest absolute Gasteiger partial charge is 0.341 e. The number of hydrogen-bond acceptors (Lipinski definition) is 5. The second-order valence-electron chi connectivity index (χ2n) is 3.98. The van der Waals surface area contributed by atoms with E-state index in [4.69, 9.17) is 5.26 Å². The number of aromatic nitrogens is 4. The fourth-order valence-corrected chi connectivity index (χ4v) is 2.74. The number of aromatic amines is 1. The molecule has 5 nitrogen and oxygen atoms in total. The van der Waals surface area contributed by atoms with E-state index in [2.05, 4.69) is 26.0 Å². The molecule has 3 aromatic rings. The van der Waals surface area contributed by atoms with E-state index < -0.39 is 0 Å². The molecule has 0 atom stereocenters. The highest BCUT2D eigenvalue weighted by Crippen LogP contribution is 2.26. The Balaban J connectivity index is 1.89. The van der Waals surface area contributed by atoms with Gasteiger partial charge < -0.3 is 4.98 Å². The van der Waals surface area contributed by atoms with Crippen molar-refractivity contribution in [1.82, 2.24) is 19.9 Å². The molecule has 0 saturated heterocycles. The second-order valence-corrected chi connectivity index (χ2v) is 4.95. The summed E-state index contributed by atoms with van der Waals surface area (Å²) in [5.41, 5.74) is 2.44. The van der Waals surface area contributed by atoms with Gasteiger partial charge in [0.25, 0.3) is 0 Å². The fraction of sp³-hybridized carbons (Fsp3) is 0.0769. The molecule has 3 rings (SSSR count). The normalized spacial score (nSPS) is 10.6. The Morgan fingerprint density at radius 3 is 3.05 bits per heavy atom. The van der Waals surface area contributed by atoms with E-state index in [0.29, 0.717) is 22.5 Å². The minimum Gasteiger partial charge on any atom is -0.341 e. The van der Waals surface area contributed by atoms with Gasteiger partial charge in [-0.1, -0.05) is 11.8 Å². The Morgan fingerprint density at radius 2 is 2.20 bits per heavy atom. The van der Waals surface area contributed by atoms with Crippen molar-refractivity contribution in [3.8, 4) is 6.07 Å². The lowest BCUT2D eigenvalue weighted by atomic mass is 10.1. The molecule has 2 heterocycles. The highest BCUT2D eigenvalue weighted by Gasteiger charge is 2.09. The standard InChI is InChI=1S/C13H8FN5S/c14-10-2-1-8(4-15)9(3-10)5-20-13-11-12(17-6-16-11)18-7-19-13/h1-3,6-7H,5H2,(H,16,17,18,19). The predicted molar refractivity (Wildman–Crippen MR) is 72.4 cm³/mol. The molecule has 0 radical (unpaired) electrons. The summed E-state index contributed by atoms with van der Waals surface area (Å²) in [4.78, 5) is 15.2. The zero-order valence-electron chi connectivity index (χ0n) is 10.2. The monoisotopic (exact) mass is 285 g/mol. The fourth-order valence-electron chi connectivity index (χ4n) is 1.79. The van der Waals surface area contributed by atoms with Crippen LogP contribution >= 0.6 is 11.8 Å². The zero-order chi connectivity index (χ0) is 13.9. The first kappa shape index (κ1) is 12.6. The van der Waals surface area contributed by atoms with Gasteiger partial charge in [-0.2, -0.15) is 5.26 Å². The van der Waals surface area contributed by atoms with Crippen molar-refractivity contribution < 1.29 is 4.39 Å². The van der Waals surface area contributed by atoms with Crippen molar-refractivity contribution in [3.05, 3.63) is 47.8 Å². The molecule has 2 aromatic heterocycles.